The highest BCUT2D eigenvalue weighted by Crippen LogP contribution is 2.17. The van der Waals surface area contributed by atoms with Crippen molar-refractivity contribution in [1.29, 1.82) is 0 Å². The smallest absolute Gasteiger partial charge is 0.406 e. The first kappa shape index (κ1) is 19.7. The van der Waals surface area contributed by atoms with Gasteiger partial charge >= 0.3 is 12.1 Å². The van der Waals surface area contributed by atoms with Gasteiger partial charge in [0.1, 0.15) is 6.54 Å². The third-order valence-electron chi connectivity index (χ3n) is 2.41. The molecule has 9 heteroatoms. The zero-order chi connectivity index (χ0) is 16.5. The molecular weight excluding hydrogens is 293 g/mol. The number of rotatable bonds is 9. The summed E-state index contributed by atoms with van der Waals surface area (Å²) in [6, 6.07) is -1.75. The van der Waals surface area contributed by atoms with Crippen molar-refractivity contribution in [3.63, 3.8) is 0 Å². The fraction of sp³-hybridized carbons (Fsp3) is 0.833. The van der Waals surface area contributed by atoms with Crippen LogP contribution in [-0.4, -0.2) is 61.9 Å². The van der Waals surface area contributed by atoms with Crippen LogP contribution in [0.25, 0.3) is 0 Å². The summed E-state index contributed by atoms with van der Waals surface area (Å²) in [4.78, 5) is 23.7. The van der Waals surface area contributed by atoms with Crippen LogP contribution < -0.4 is 5.73 Å². The summed E-state index contributed by atoms with van der Waals surface area (Å²) in [7, 11) is 0. The molecule has 0 rings (SSSR count). The average molecular weight is 314 g/mol. The number of ether oxygens (including phenoxy) is 2. The van der Waals surface area contributed by atoms with E-state index in [9.17, 15) is 22.8 Å². The Morgan fingerprint density at radius 3 is 2.33 bits per heavy atom. The summed E-state index contributed by atoms with van der Waals surface area (Å²) >= 11 is 0. The van der Waals surface area contributed by atoms with Crippen LogP contribution in [0.2, 0.25) is 0 Å². The molecule has 0 aromatic rings. The number of carbonyl (C=O) groups is 2. The lowest BCUT2D eigenvalue weighted by Crippen LogP contribution is -2.51. The quantitative estimate of drug-likeness (QED) is 0.385. The van der Waals surface area contributed by atoms with Gasteiger partial charge in [0.05, 0.1) is 6.61 Å². The van der Waals surface area contributed by atoms with Gasteiger partial charge in [-0.15, -0.1) is 0 Å². The van der Waals surface area contributed by atoms with Gasteiger partial charge in [-0.25, -0.2) is 4.79 Å². The summed E-state index contributed by atoms with van der Waals surface area (Å²) in [5.74, 6) is -2.15. The number of carbonyl (C=O) groups excluding carboxylic acids is 2. The second-order valence-electron chi connectivity index (χ2n) is 4.16. The van der Waals surface area contributed by atoms with Crippen molar-refractivity contribution in [2.24, 2.45) is 5.73 Å². The molecule has 2 N–H and O–H groups in total. The molecule has 0 saturated heterocycles. The van der Waals surface area contributed by atoms with E-state index in [4.69, 9.17) is 10.5 Å². The van der Waals surface area contributed by atoms with E-state index < -0.39 is 30.6 Å². The van der Waals surface area contributed by atoms with Crippen molar-refractivity contribution in [3.8, 4) is 0 Å². The van der Waals surface area contributed by atoms with Crippen molar-refractivity contribution >= 4 is 11.9 Å². The predicted molar refractivity (Wildman–Crippen MR) is 68.4 cm³/mol. The minimum absolute atomic E-state index is 0.0105. The summed E-state index contributed by atoms with van der Waals surface area (Å²) in [6.07, 6.45) is -4.36. The maximum atomic E-state index is 12.5. The zero-order valence-corrected chi connectivity index (χ0v) is 12.1. The fourth-order valence-electron chi connectivity index (χ4n) is 1.51. The predicted octanol–water partition coefficient (Wildman–Crippen LogP) is 0.694. The number of hydrogen-bond acceptors (Lipinski definition) is 5. The number of hydrogen-bond donors (Lipinski definition) is 1. The van der Waals surface area contributed by atoms with Gasteiger partial charge in [-0.05, 0) is 20.3 Å². The molecule has 124 valence electrons. The van der Waals surface area contributed by atoms with Gasteiger partial charge in [0.25, 0.3) is 5.91 Å². The Hall–Kier alpha value is -1.35. The molecule has 0 aliphatic heterocycles. The molecule has 0 aliphatic carbocycles. The maximum Gasteiger partial charge on any atom is 0.406 e. The van der Waals surface area contributed by atoms with Crippen LogP contribution in [-0.2, 0) is 19.1 Å². The summed E-state index contributed by atoms with van der Waals surface area (Å²) in [5.41, 5.74) is 5.33. The molecule has 1 unspecified atom stereocenters. The molecule has 0 aliphatic rings. The molecule has 21 heavy (non-hydrogen) atoms. The minimum atomic E-state index is -4.57. The lowest BCUT2D eigenvalue weighted by Gasteiger charge is -2.26. The van der Waals surface area contributed by atoms with E-state index >= 15 is 0 Å². The number of nitrogens with zero attached hydrogens (tertiary/aromatic N) is 1. The van der Waals surface area contributed by atoms with Crippen LogP contribution >= 0.6 is 0 Å². The summed E-state index contributed by atoms with van der Waals surface area (Å²) in [5, 5.41) is 0. The fourth-order valence-corrected chi connectivity index (χ4v) is 1.51. The largest absolute Gasteiger partial charge is 0.464 e. The van der Waals surface area contributed by atoms with Crippen LogP contribution in [0.3, 0.4) is 0 Å². The molecule has 0 bridgehead atoms. The van der Waals surface area contributed by atoms with Gasteiger partial charge < -0.3 is 20.1 Å². The number of amides is 1. The molecule has 0 aromatic heterocycles. The lowest BCUT2D eigenvalue weighted by atomic mass is 10.2. The molecular formula is C12H21F3N2O4. The van der Waals surface area contributed by atoms with Gasteiger partial charge in [0.2, 0.25) is 0 Å². The highest BCUT2D eigenvalue weighted by atomic mass is 19.4. The van der Waals surface area contributed by atoms with Gasteiger partial charge in [-0.1, -0.05) is 0 Å². The van der Waals surface area contributed by atoms with E-state index in [0.717, 1.165) is 0 Å². The monoisotopic (exact) mass is 314 g/mol. The minimum Gasteiger partial charge on any atom is -0.464 e. The maximum absolute atomic E-state index is 12.5. The molecule has 0 radical (unpaired) electrons. The topological polar surface area (TPSA) is 81.9 Å². The molecule has 0 fully saturated rings. The standard InChI is InChI=1S/C12H21F3N2O4/c1-3-20-7-5-6-17(8-12(13,14)15)10(18)9(16)11(19)21-4-2/h9H,3-8,16H2,1-2H3. The number of esters is 1. The molecule has 1 amide bonds. The van der Waals surface area contributed by atoms with Gasteiger partial charge in [-0.3, -0.25) is 4.79 Å². The highest BCUT2D eigenvalue weighted by Gasteiger charge is 2.36. The van der Waals surface area contributed by atoms with Crippen LogP contribution in [0.5, 0.6) is 0 Å². The van der Waals surface area contributed by atoms with Crippen molar-refractivity contribution in [1.82, 2.24) is 4.90 Å². The third-order valence-corrected chi connectivity index (χ3v) is 2.41. The van der Waals surface area contributed by atoms with Gasteiger partial charge in [-0.2, -0.15) is 13.2 Å². The summed E-state index contributed by atoms with van der Waals surface area (Å²) < 4.78 is 46.9. The van der Waals surface area contributed by atoms with Gasteiger partial charge in [0, 0.05) is 19.8 Å². The molecule has 0 heterocycles. The Kier molecular flexibility index (Phi) is 8.95. The van der Waals surface area contributed by atoms with Crippen LogP contribution in [0.15, 0.2) is 0 Å². The lowest BCUT2D eigenvalue weighted by molar-refractivity contribution is -0.166. The zero-order valence-electron chi connectivity index (χ0n) is 12.1. The van der Waals surface area contributed by atoms with Crippen molar-refractivity contribution < 1.29 is 32.2 Å². The summed E-state index contributed by atoms with van der Waals surface area (Å²) in [6.45, 7) is 2.21. The van der Waals surface area contributed by atoms with E-state index in [-0.39, 0.29) is 26.2 Å². The normalized spacial score (nSPS) is 12.9. The van der Waals surface area contributed by atoms with Crippen molar-refractivity contribution in [2.75, 3.05) is 32.9 Å². The Labute approximate surface area is 121 Å². The molecule has 6 nitrogen and oxygen atoms in total. The van der Waals surface area contributed by atoms with E-state index in [0.29, 0.717) is 11.5 Å². The first-order valence-corrected chi connectivity index (χ1v) is 6.58. The van der Waals surface area contributed by atoms with Crippen molar-refractivity contribution in [2.45, 2.75) is 32.5 Å². The Bertz CT molecular complexity index is 337. The van der Waals surface area contributed by atoms with E-state index in [2.05, 4.69) is 4.74 Å². The SMILES string of the molecule is CCOCCCN(CC(F)(F)F)C(=O)C(N)C(=O)OCC. The average Bonchev–Trinajstić information content (AvgIpc) is 2.39. The Morgan fingerprint density at radius 1 is 1.24 bits per heavy atom. The number of alkyl halides is 3. The molecule has 0 saturated carbocycles. The number of halogens is 3. The van der Waals surface area contributed by atoms with Gasteiger partial charge in [0.15, 0.2) is 6.04 Å². The Morgan fingerprint density at radius 2 is 1.86 bits per heavy atom. The van der Waals surface area contributed by atoms with Crippen molar-refractivity contribution in [3.05, 3.63) is 0 Å². The van der Waals surface area contributed by atoms with E-state index in [1.807, 2.05) is 0 Å². The molecule has 0 aromatic carbocycles. The molecule has 1 atom stereocenters. The molecule has 0 spiro atoms. The first-order valence-electron chi connectivity index (χ1n) is 6.58. The third kappa shape index (κ3) is 8.51. The van der Waals surface area contributed by atoms with Crippen LogP contribution in [0, 0.1) is 0 Å². The second kappa shape index (κ2) is 9.56. The second-order valence-corrected chi connectivity index (χ2v) is 4.16. The van der Waals surface area contributed by atoms with E-state index in [1.165, 1.54) is 6.92 Å². The first-order chi connectivity index (χ1) is 9.72. The van der Waals surface area contributed by atoms with Crippen LogP contribution in [0.4, 0.5) is 13.2 Å². The van der Waals surface area contributed by atoms with Crippen LogP contribution in [0.1, 0.15) is 20.3 Å². The number of nitrogens with two attached hydrogens (primary N) is 1. The Balaban J connectivity index is 4.68. The van der Waals surface area contributed by atoms with E-state index in [1.54, 1.807) is 6.92 Å². The highest BCUT2D eigenvalue weighted by molar-refractivity contribution is 6.01.